The van der Waals surface area contributed by atoms with Gasteiger partial charge >= 0.3 is 0 Å². The summed E-state index contributed by atoms with van der Waals surface area (Å²) in [5.74, 6) is -0.0675. The molecule has 6 heteroatoms. The molecule has 0 aromatic carbocycles. The lowest BCUT2D eigenvalue weighted by atomic mass is 10.0. The summed E-state index contributed by atoms with van der Waals surface area (Å²) in [4.78, 5) is 27.4. The van der Waals surface area contributed by atoms with E-state index in [9.17, 15) is 9.59 Å². The quantitative estimate of drug-likeness (QED) is 0.778. The Bertz CT molecular complexity index is 502. The van der Waals surface area contributed by atoms with Crippen LogP contribution >= 0.6 is 11.3 Å². The maximum Gasteiger partial charge on any atom is 0.264 e. The van der Waals surface area contributed by atoms with E-state index < -0.39 is 0 Å². The Morgan fingerprint density at radius 2 is 2.26 bits per heavy atom. The lowest BCUT2D eigenvalue weighted by Crippen LogP contribution is -2.52. The van der Waals surface area contributed by atoms with Crippen LogP contribution in [-0.2, 0) is 9.53 Å². The second-order valence-corrected chi connectivity index (χ2v) is 7.00. The first-order valence-corrected chi connectivity index (χ1v) is 9.21. The second-order valence-electron chi connectivity index (χ2n) is 6.05. The summed E-state index contributed by atoms with van der Waals surface area (Å²) in [5, 5.41) is 4.84. The zero-order valence-electron chi connectivity index (χ0n) is 13.9. The first-order valence-electron chi connectivity index (χ1n) is 8.33. The van der Waals surface area contributed by atoms with Crippen molar-refractivity contribution in [2.45, 2.75) is 51.7 Å². The maximum atomic E-state index is 12.6. The first-order chi connectivity index (χ1) is 11.1. The van der Waals surface area contributed by atoms with Crippen LogP contribution in [0.3, 0.4) is 0 Å². The zero-order chi connectivity index (χ0) is 16.7. The van der Waals surface area contributed by atoms with E-state index in [1.54, 1.807) is 4.90 Å². The molecule has 1 aromatic heterocycles. The predicted octanol–water partition coefficient (Wildman–Crippen LogP) is 2.67. The van der Waals surface area contributed by atoms with Crippen molar-refractivity contribution in [1.82, 2.24) is 10.2 Å². The van der Waals surface area contributed by atoms with Gasteiger partial charge in [-0.15, -0.1) is 11.3 Å². The van der Waals surface area contributed by atoms with Crippen LogP contribution in [0.2, 0.25) is 0 Å². The van der Waals surface area contributed by atoms with Gasteiger partial charge in [0.25, 0.3) is 5.91 Å². The maximum absolute atomic E-state index is 12.6. The molecule has 128 valence electrons. The van der Waals surface area contributed by atoms with Crippen molar-refractivity contribution in [3.63, 3.8) is 0 Å². The van der Waals surface area contributed by atoms with Crippen molar-refractivity contribution in [1.29, 1.82) is 0 Å². The Labute approximate surface area is 142 Å². The molecule has 1 aromatic rings. The summed E-state index contributed by atoms with van der Waals surface area (Å²) in [6, 6.07) is 3.34. The van der Waals surface area contributed by atoms with Gasteiger partial charge in [-0.1, -0.05) is 6.07 Å². The highest BCUT2D eigenvalue weighted by atomic mass is 32.1. The van der Waals surface area contributed by atoms with E-state index in [0.29, 0.717) is 24.6 Å². The molecule has 0 saturated carbocycles. The lowest BCUT2D eigenvalue weighted by Gasteiger charge is -2.34. The van der Waals surface area contributed by atoms with Crippen LogP contribution in [0, 0.1) is 0 Å². The summed E-state index contributed by atoms with van der Waals surface area (Å²) in [6.45, 7) is 5.87. The number of likely N-dealkylation sites (tertiary alicyclic amines) is 1. The summed E-state index contributed by atoms with van der Waals surface area (Å²) in [7, 11) is 0. The molecule has 2 heterocycles. The molecule has 1 unspecified atom stereocenters. The van der Waals surface area contributed by atoms with Gasteiger partial charge in [-0.25, -0.2) is 0 Å². The number of carbonyl (C=O) groups excluding carboxylic acids is 2. The van der Waals surface area contributed by atoms with Crippen molar-refractivity contribution in [2.24, 2.45) is 0 Å². The number of nitrogens with zero attached hydrogens (tertiary/aromatic N) is 1. The molecule has 1 atom stereocenters. The van der Waals surface area contributed by atoms with Gasteiger partial charge in [0.2, 0.25) is 5.91 Å². The Kier molecular flexibility index (Phi) is 7.05. The number of thiophene rings is 1. The molecule has 0 bridgehead atoms. The molecule has 1 aliphatic heterocycles. The molecule has 2 amide bonds. The van der Waals surface area contributed by atoms with Crippen LogP contribution in [0.5, 0.6) is 0 Å². The molecule has 1 aliphatic rings. The number of amides is 2. The Balaban J connectivity index is 1.85. The zero-order valence-corrected chi connectivity index (χ0v) is 14.7. The van der Waals surface area contributed by atoms with E-state index in [-0.39, 0.29) is 24.0 Å². The SMILES string of the molecule is CC(C)OCCCNC(=O)C1CCCCN1C(=O)c1cccs1. The fraction of sp³-hybridized carbons (Fsp3) is 0.647. The molecule has 23 heavy (non-hydrogen) atoms. The highest BCUT2D eigenvalue weighted by Gasteiger charge is 2.32. The first kappa shape index (κ1) is 17.9. The smallest absolute Gasteiger partial charge is 0.264 e. The predicted molar refractivity (Wildman–Crippen MR) is 91.7 cm³/mol. The van der Waals surface area contributed by atoms with Crippen molar-refractivity contribution >= 4 is 23.2 Å². The van der Waals surface area contributed by atoms with Gasteiger partial charge in [0, 0.05) is 19.7 Å². The number of piperidine rings is 1. The third-order valence-corrected chi connectivity index (χ3v) is 4.73. The highest BCUT2D eigenvalue weighted by molar-refractivity contribution is 7.12. The average molecular weight is 338 g/mol. The van der Waals surface area contributed by atoms with Crippen LogP contribution in [0.25, 0.3) is 0 Å². The monoisotopic (exact) mass is 338 g/mol. The molecular formula is C17H26N2O3S. The van der Waals surface area contributed by atoms with Crippen LogP contribution in [0.1, 0.15) is 49.2 Å². The minimum absolute atomic E-state index is 0.0250. The second kappa shape index (κ2) is 9.03. The Hall–Kier alpha value is -1.40. The average Bonchev–Trinajstić information content (AvgIpc) is 3.08. The molecule has 0 radical (unpaired) electrons. The van der Waals surface area contributed by atoms with Crippen molar-refractivity contribution in [3.05, 3.63) is 22.4 Å². The molecular weight excluding hydrogens is 312 g/mol. The van der Waals surface area contributed by atoms with Crippen molar-refractivity contribution in [2.75, 3.05) is 19.7 Å². The summed E-state index contributed by atoms with van der Waals surface area (Å²) >= 11 is 1.43. The number of hydrogen-bond acceptors (Lipinski definition) is 4. The Morgan fingerprint density at radius 3 is 2.96 bits per heavy atom. The standard InChI is InChI=1S/C17H26N2O3S/c1-13(2)22-11-6-9-18-16(20)14-7-3-4-10-19(14)17(21)15-8-5-12-23-15/h5,8,12-14H,3-4,6-7,9-11H2,1-2H3,(H,18,20). The minimum Gasteiger partial charge on any atom is -0.379 e. The van der Waals surface area contributed by atoms with Gasteiger partial charge in [-0.2, -0.15) is 0 Å². The fourth-order valence-corrected chi connectivity index (χ4v) is 3.39. The normalized spacial score (nSPS) is 18.2. The summed E-state index contributed by atoms with van der Waals surface area (Å²) < 4.78 is 5.46. The van der Waals surface area contributed by atoms with Gasteiger partial charge in [0.05, 0.1) is 11.0 Å². The van der Waals surface area contributed by atoms with E-state index in [0.717, 1.165) is 25.7 Å². The van der Waals surface area contributed by atoms with Crippen molar-refractivity contribution < 1.29 is 14.3 Å². The van der Waals surface area contributed by atoms with Gasteiger partial charge in [0.15, 0.2) is 0 Å². The van der Waals surface area contributed by atoms with Gasteiger partial charge in [-0.3, -0.25) is 9.59 Å². The molecule has 1 N–H and O–H groups in total. The number of carbonyl (C=O) groups is 2. The number of nitrogens with one attached hydrogen (secondary N) is 1. The van der Waals surface area contributed by atoms with Gasteiger partial charge in [-0.05, 0) is 51.0 Å². The van der Waals surface area contributed by atoms with Crippen molar-refractivity contribution in [3.8, 4) is 0 Å². The van der Waals surface area contributed by atoms with E-state index in [4.69, 9.17) is 4.74 Å². The van der Waals surface area contributed by atoms with E-state index in [2.05, 4.69) is 5.32 Å². The van der Waals surface area contributed by atoms with Crippen LogP contribution in [-0.4, -0.2) is 48.6 Å². The molecule has 0 spiro atoms. The number of hydrogen-bond donors (Lipinski definition) is 1. The molecule has 2 rings (SSSR count). The van der Waals surface area contributed by atoms with E-state index >= 15 is 0 Å². The van der Waals surface area contributed by atoms with Crippen LogP contribution < -0.4 is 5.32 Å². The molecule has 5 nitrogen and oxygen atoms in total. The third-order valence-electron chi connectivity index (χ3n) is 3.87. The highest BCUT2D eigenvalue weighted by Crippen LogP contribution is 2.21. The van der Waals surface area contributed by atoms with E-state index in [1.807, 2.05) is 31.4 Å². The summed E-state index contributed by atoms with van der Waals surface area (Å²) in [5.41, 5.74) is 0. The topological polar surface area (TPSA) is 58.6 Å². The number of ether oxygens (including phenoxy) is 1. The Morgan fingerprint density at radius 1 is 1.43 bits per heavy atom. The summed E-state index contributed by atoms with van der Waals surface area (Å²) in [6.07, 6.45) is 3.69. The number of rotatable bonds is 7. The van der Waals surface area contributed by atoms with Gasteiger partial charge in [0.1, 0.15) is 6.04 Å². The van der Waals surface area contributed by atoms with Crippen LogP contribution in [0.4, 0.5) is 0 Å². The fourth-order valence-electron chi connectivity index (χ4n) is 2.71. The molecule has 1 fully saturated rings. The van der Waals surface area contributed by atoms with Gasteiger partial charge < -0.3 is 15.0 Å². The molecule has 1 saturated heterocycles. The minimum atomic E-state index is -0.343. The largest absolute Gasteiger partial charge is 0.379 e. The lowest BCUT2D eigenvalue weighted by molar-refractivity contribution is -0.126. The van der Waals surface area contributed by atoms with Crippen LogP contribution in [0.15, 0.2) is 17.5 Å². The van der Waals surface area contributed by atoms with E-state index in [1.165, 1.54) is 11.3 Å². The third kappa shape index (κ3) is 5.32. The molecule has 0 aliphatic carbocycles.